The van der Waals surface area contributed by atoms with Gasteiger partial charge in [-0.25, -0.2) is 0 Å². The number of aryl methyl sites for hydroxylation is 1. The fourth-order valence-corrected chi connectivity index (χ4v) is 1.84. The summed E-state index contributed by atoms with van der Waals surface area (Å²) >= 11 is 3.47. The molecule has 0 aliphatic heterocycles. The fourth-order valence-electron chi connectivity index (χ4n) is 1.59. The van der Waals surface area contributed by atoms with Crippen LogP contribution in [0.5, 0.6) is 0 Å². The predicted molar refractivity (Wildman–Crippen MR) is 78.5 cm³/mol. The largest absolute Gasteiger partial charge is 0.406 e. The maximum atomic E-state index is 5.50. The lowest BCUT2D eigenvalue weighted by molar-refractivity contribution is 0.479. The molecule has 5 nitrogen and oxygen atoms in total. The third-order valence-electron chi connectivity index (χ3n) is 2.58. The van der Waals surface area contributed by atoms with Gasteiger partial charge in [0.25, 0.3) is 0 Å². The van der Waals surface area contributed by atoms with Gasteiger partial charge >= 0.3 is 6.01 Å². The number of benzene rings is 1. The molecule has 0 atom stereocenters. The van der Waals surface area contributed by atoms with E-state index in [4.69, 9.17) is 4.42 Å². The van der Waals surface area contributed by atoms with Crippen molar-refractivity contribution in [3.05, 3.63) is 34.1 Å². The van der Waals surface area contributed by atoms with Crippen LogP contribution >= 0.6 is 15.9 Å². The molecule has 1 aromatic heterocycles. The second kappa shape index (κ2) is 6.68. The first-order valence-corrected chi connectivity index (χ1v) is 7.04. The topological polar surface area (TPSA) is 63.0 Å². The Morgan fingerprint density at radius 1 is 1.32 bits per heavy atom. The van der Waals surface area contributed by atoms with Crippen molar-refractivity contribution >= 4 is 27.6 Å². The van der Waals surface area contributed by atoms with Crippen LogP contribution in [0.15, 0.2) is 27.1 Å². The number of halogens is 1. The van der Waals surface area contributed by atoms with Crippen LogP contribution in [0.4, 0.5) is 11.7 Å². The SMILES string of the molecule is CCCNCc1nnc(Nc2ccc(Br)c(C)c2)o1. The van der Waals surface area contributed by atoms with Gasteiger partial charge in [0.1, 0.15) is 0 Å². The van der Waals surface area contributed by atoms with Crippen molar-refractivity contribution in [2.75, 3.05) is 11.9 Å². The number of nitrogens with one attached hydrogen (secondary N) is 2. The molecule has 0 spiro atoms. The van der Waals surface area contributed by atoms with Crippen molar-refractivity contribution in [2.24, 2.45) is 0 Å². The van der Waals surface area contributed by atoms with Crippen molar-refractivity contribution in [3.8, 4) is 0 Å². The highest BCUT2D eigenvalue weighted by Gasteiger charge is 2.06. The molecule has 6 heteroatoms. The van der Waals surface area contributed by atoms with E-state index in [9.17, 15) is 0 Å². The van der Waals surface area contributed by atoms with Gasteiger partial charge in [-0.1, -0.05) is 28.0 Å². The summed E-state index contributed by atoms with van der Waals surface area (Å²) in [6, 6.07) is 6.37. The van der Waals surface area contributed by atoms with Gasteiger partial charge in [-0.3, -0.25) is 0 Å². The quantitative estimate of drug-likeness (QED) is 0.797. The minimum Gasteiger partial charge on any atom is -0.406 e. The Bertz CT molecular complexity index is 541. The molecule has 1 heterocycles. The Morgan fingerprint density at radius 3 is 2.89 bits per heavy atom. The van der Waals surface area contributed by atoms with Crippen molar-refractivity contribution in [3.63, 3.8) is 0 Å². The van der Waals surface area contributed by atoms with Crippen LogP contribution < -0.4 is 10.6 Å². The summed E-state index contributed by atoms with van der Waals surface area (Å²) < 4.78 is 6.57. The van der Waals surface area contributed by atoms with Crippen LogP contribution in [-0.4, -0.2) is 16.7 Å². The van der Waals surface area contributed by atoms with E-state index in [1.165, 1.54) is 0 Å². The molecule has 0 aliphatic rings. The molecule has 0 radical (unpaired) electrons. The van der Waals surface area contributed by atoms with E-state index in [0.717, 1.165) is 28.7 Å². The van der Waals surface area contributed by atoms with Gasteiger partial charge in [0, 0.05) is 10.2 Å². The second-order valence-corrected chi connectivity index (χ2v) is 5.12. The number of hydrogen-bond donors (Lipinski definition) is 2. The Kier molecular flexibility index (Phi) is 4.93. The number of anilines is 2. The van der Waals surface area contributed by atoms with Gasteiger partial charge < -0.3 is 15.1 Å². The maximum Gasteiger partial charge on any atom is 0.320 e. The van der Waals surface area contributed by atoms with E-state index in [1.54, 1.807) is 0 Å². The minimum atomic E-state index is 0.412. The fraction of sp³-hybridized carbons (Fsp3) is 0.385. The average molecular weight is 325 g/mol. The molecule has 0 saturated carbocycles. The Morgan fingerprint density at radius 2 is 2.16 bits per heavy atom. The lowest BCUT2D eigenvalue weighted by Gasteiger charge is -2.03. The molecule has 1 aromatic carbocycles. The third-order valence-corrected chi connectivity index (χ3v) is 3.47. The van der Waals surface area contributed by atoms with E-state index in [2.05, 4.69) is 43.7 Å². The number of rotatable bonds is 6. The smallest absolute Gasteiger partial charge is 0.320 e. The van der Waals surface area contributed by atoms with Crippen LogP contribution in [0.1, 0.15) is 24.8 Å². The molecule has 0 amide bonds. The lowest BCUT2D eigenvalue weighted by atomic mass is 10.2. The first-order chi connectivity index (χ1) is 9.19. The predicted octanol–water partition coefficient (Wildman–Crippen LogP) is 3.38. The second-order valence-electron chi connectivity index (χ2n) is 4.27. The normalized spacial score (nSPS) is 10.7. The van der Waals surface area contributed by atoms with Crippen molar-refractivity contribution in [2.45, 2.75) is 26.8 Å². The Labute approximate surface area is 120 Å². The first kappa shape index (κ1) is 14.0. The molecule has 2 rings (SSSR count). The molecule has 102 valence electrons. The summed E-state index contributed by atoms with van der Waals surface area (Å²) in [6.45, 7) is 5.69. The summed E-state index contributed by atoms with van der Waals surface area (Å²) in [6.07, 6.45) is 1.08. The first-order valence-electron chi connectivity index (χ1n) is 6.25. The zero-order valence-electron chi connectivity index (χ0n) is 11.0. The van der Waals surface area contributed by atoms with Gasteiger partial charge in [-0.15, -0.1) is 5.10 Å². The molecule has 0 bridgehead atoms. The highest BCUT2D eigenvalue weighted by molar-refractivity contribution is 9.10. The molecule has 0 unspecified atom stereocenters. The summed E-state index contributed by atoms with van der Waals surface area (Å²) in [5.41, 5.74) is 2.08. The van der Waals surface area contributed by atoms with Gasteiger partial charge in [-0.2, -0.15) is 0 Å². The van der Waals surface area contributed by atoms with Gasteiger partial charge in [0.2, 0.25) is 5.89 Å². The highest BCUT2D eigenvalue weighted by atomic mass is 79.9. The Hall–Kier alpha value is -1.40. The van der Waals surface area contributed by atoms with Crippen molar-refractivity contribution < 1.29 is 4.42 Å². The van der Waals surface area contributed by atoms with Crippen LogP contribution in [0.25, 0.3) is 0 Å². The lowest BCUT2D eigenvalue weighted by Crippen LogP contribution is -2.13. The van der Waals surface area contributed by atoms with Gasteiger partial charge in [-0.05, 0) is 43.7 Å². The molecule has 19 heavy (non-hydrogen) atoms. The number of hydrogen-bond acceptors (Lipinski definition) is 5. The van der Waals surface area contributed by atoms with Crippen LogP contribution in [-0.2, 0) is 6.54 Å². The monoisotopic (exact) mass is 324 g/mol. The van der Waals surface area contributed by atoms with E-state index >= 15 is 0 Å². The van der Waals surface area contributed by atoms with Gasteiger partial charge in [0.05, 0.1) is 6.54 Å². The maximum absolute atomic E-state index is 5.50. The number of aromatic nitrogens is 2. The molecule has 0 fully saturated rings. The summed E-state index contributed by atoms with van der Waals surface area (Å²) in [5.74, 6) is 0.588. The van der Waals surface area contributed by atoms with Crippen molar-refractivity contribution in [1.82, 2.24) is 15.5 Å². The Balaban J connectivity index is 1.97. The van der Waals surface area contributed by atoms with E-state index in [-0.39, 0.29) is 0 Å². The zero-order chi connectivity index (χ0) is 13.7. The van der Waals surface area contributed by atoms with E-state index in [1.807, 2.05) is 25.1 Å². The molecule has 2 aromatic rings. The van der Waals surface area contributed by atoms with E-state index in [0.29, 0.717) is 18.5 Å². The molecule has 2 N–H and O–H groups in total. The highest BCUT2D eigenvalue weighted by Crippen LogP contribution is 2.22. The number of nitrogens with zero attached hydrogens (tertiary/aromatic N) is 2. The summed E-state index contributed by atoms with van der Waals surface area (Å²) in [7, 11) is 0. The van der Waals surface area contributed by atoms with Crippen LogP contribution in [0.3, 0.4) is 0 Å². The summed E-state index contributed by atoms with van der Waals surface area (Å²) in [4.78, 5) is 0. The standard InChI is InChI=1S/C13H17BrN4O/c1-3-6-15-8-12-17-18-13(19-12)16-10-4-5-11(14)9(2)7-10/h4-5,7,15H,3,6,8H2,1-2H3,(H,16,18). The van der Waals surface area contributed by atoms with Crippen LogP contribution in [0.2, 0.25) is 0 Å². The molecule has 0 aliphatic carbocycles. The van der Waals surface area contributed by atoms with Crippen LogP contribution in [0, 0.1) is 6.92 Å². The summed E-state index contributed by atoms with van der Waals surface area (Å²) in [5, 5.41) is 14.2. The third kappa shape index (κ3) is 4.04. The molecule has 0 saturated heterocycles. The molecular formula is C13H17BrN4O. The molecular weight excluding hydrogens is 308 g/mol. The van der Waals surface area contributed by atoms with Gasteiger partial charge in [0.15, 0.2) is 0 Å². The minimum absolute atomic E-state index is 0.412. The zero-order valence-corrected chi connectivity index (χ0v) is 12.6. The average Bonchev–Trinajstić information content (AvgIpc) is 2.82. The van der Waals surface area contributed by atoms with Crippen molar-refractivity contribution in [1.29, 1.82) is 0 Å². The van der Waals surface area contributed by atoms with E-state index < -0.39 is 0 Å².